The Hall–Kier alpha value is -1.75. The predicted molar refractivity (Wildman–Crippen MR) is 75.1 cm³/mol. The first kappa shape index (κ1) is 13.0. The van der Waals surface area contributed by atoms with E-state index >= 15 is 0 Å². The van der Waals surface area contributed by atoms with Gasteiger partial charge in [0.25, 0.3) is 0 Å². The van der Waals surface area contributed by atoms with Gasteiger partial charge in [-0.15, -0.1) is 5.10 Å². The lowest BCUT2D eigenvalue weighted by molar-refractivity contribution is 0.0956. The van der Waals surface area contributed by atoms with Crippen LogP contribution in [0.5, 0.6) is 0 Å². The van der Waals surface area contributed by atoms with E-state index in [-0.39, 0.29) is 35.8 Å². The second kappa shape index (κ2) is 4.63. The van der Waals surface area contributed by atoms with Crippen molar-refractivity contribution in [1.29, 1.82) is 0 Å². The number of hydrogen-bond acceptors (Lipinski definition) is 3. The zero-order chi connectivity index (χ0) is 14.6. The summed E-state index contributed by atoms with van der Waals surface area (Å²) < 4.78 is 15.7. The fourth-order valence-electron chi connectivity index (χ4n) is 2.80. The molecule has 1 aromatic heterocycles. The van der Waals surface area contributed by atoms with Crippen LogP contribution < -0.4 is 0 Å². The number of halogens is 2. The minimum Gasteiger partial charge on any atom is -0.290 e. The number of ketones is 1. The molecule has 0 N–H and O–H groups in total. The van der Waals surface area contributed by atoms with Crippen LogP contribution in [0.25, 0.3) is 0 Å². The molecule has 2 aliphatic rings. The van der Waals surface area contributed by atoms with E-state index in [1.54, 1.807) is 16.8 Å². The van der Waals surface area contributed by atoms with Crippen LogP contribution in [-0.2, 0) is 0 Å². The Bertz CT molecular complexity index is 725. The molecule has 1 aromatic carbocycles. The van der Waals surface area contributed by atoms with Gasteiger partial charge in [-0.25, -0.2) is 14.1 Å². The minimum atomic E-state index is -1.19. The zero-order valence-electron chi connectivity index (χ0n) is 11.2. The van der Waals surface area contributed by atoms with Crippen molar-refractivity contribution in [1.82, 2.24) is 14.8 Å². The van der Waals surface area contributed by atoms with E-state index in [9.17, 15) is 9.18 Å². The van der Waals surface area contributed by atoms with Crippen molar-refractivity contribution in [3.63, 3.8) is 0 Å². The Morgan fingerprint density at radius 1 is 1.38 bits per heavy atom. The number of fused-ring (bicyclic) bond motifs is 1. The lowest BCUT2D eigenvalue weighted by Crippen LogP contribution is -2.10. The summed E-state index contributed by atoms with van der Waals surface area (Å²) in [7, 11) is 0. The van der Waals surface area contributed by atoms with E-state index in [1.807, 2.05) is 12.1 Å². The van der Waals surface area contributed by atoms with Crippen LogP contribution in [0.3, 0.4) is 0 Å². The first-order valence-corrected chi connectivity index (χ1v) is 7.41. The molecule has 6 heteroatoms. The van der Waals surface area contributed by atoms with E-state index in [0.717, 1.165) is 18.4 Å². The molecule has 2 heterocycles. The first-order chi connectivity index (χ1) is 10.1. The highest BCUT2D eigenvalue weighted by molar-refractivity contribution is 6.30. The summed E-state index contributed by atoms with van der Waals surface area (Å²) >= 11 is 6.00. The smallest absolute Gasteiger partial charge is 0.217 e. The third-order valence-electron chi connectivity index (χ3n) is 4.07. The normalized spacial score (nSPS) is 24.1. The molecule has 1 aliphatic heterocycles. The number of benzene rings is 1. The van der Waals surface area contributed by atoms with Gasteiger partial charge in [0.2, 0.25) is 11.6 Å². The summed E-state index contributed by atoms with van der Waals surface area (Å²) in [4.78, 5) is 16.2. The maximum absolute atomic E-state index is 14.2. The summed E-state index contributed by atoms with van der Waals surface area (Å²) in [5.41, 5.74) is 0.888. The standard InChI is InChI=1S/C15H13ClFN3O/c16-10-3-1-2-9(6-10)12-7-11(17)15-18-14(19-20(12)15)13(21)8-4-5-8/h1-3,6,8,11-12H,4-5,7H2/t11-,12-/m0/s1. The van der Waals surface area contributed by atoms with Crippen molar-refractivity contribution < 1.29 is 9.18 Å². The molecule has 1 aliphatic carbocycles. The highest BCUT2D eigenvalue weighted by atomic mass is 35.5. The van der Waals surface area contributed by atoms with Gasteiger partial charge in [-0.05, 0) is 30.5 Å². The van der Waals surface area contributed by atoms with E-state index in [2.05, 4.69) is 10.1 Å². The molecule has 0 unspecified atom stereocenters. The molecule has 4 rings (SSSR count). The maximum atomic E-state index is 14.2. The molecule has 0 saturated heterocycles. The van der Waals surface area contributed by atoms with Crippen LogP contribution in [0, 0.1) is 5.92 Å². The Morgan fingerprint density at radius 3 is 2.90 bits per heavy atom. The van der Waals surface area contributed by atoms with Crippen molar-refractivity contribution in [2.45, 2.75) is 31.5 Å². The molecule has 2 aromatic rings. The molecule has 21 heavy (non-hydrogen) atoms. The average molecular weight is 306 g/mol. The van der Waals surface area contributed by atoms with Gasteiger partial charge in [0, 0.05) is 17.4 Å². The van der Waals surface area contributed by atoms with Crippen LogP contribution in [0.15, 0.2) is 24.3 Å². The molecule has 0 radical (unpaired) electrons. The zero-order valence-corrected chi connectivity index (χ0v) is 11.9. The number of nitrogens with zero attached hydrogens (tertiary/aromatic N) is 3. The van der Waals surface area contributed by atoms with Gasteiger partial charge in [-0.3, -0.25) is 4.79 Å². The lowest BCUT2D eigenvalue weighted by Gasteiger charge is -2.11. The number of alkyl halides is 1. The predicted octanol–water partition coefficient (Wildman–Crippen LogP) is 3.53. The molecular formula is C15H13ClFN3O. The summed E-state index contributed by atoms with van der Waals surface area (Å²) in [6.07, 6.45) is 0.870. The Kier molecular flexibility index (Phi) is 2.85. The Labute approximate surface area is 125 Å². The van der Waals surface area contributed by atoms with Gasteiger partial charge >= 0.3 is 0 Å². The van der Waals surface area contributed by atoms with Gasteiger partial charge in [-0.1, -0.05) is 23.7 Å². The number of hydrogen-bond donors (Lipinski definition) is 0. The summed E-state index contributed by atoms with van der Waals surface area (Å²) in [5, 5.41) is 4.87. The van der Waals surface area contributed by atoms with Crippen molar-refractivity contribution in [2.24, 2.45) is 5.92 Å². The fraction of sp³-hybridized carbons (Fsp3) is 0.400. The average Bonchev–Trinajstić information content (AvgIpc) is 3.14. The van der Waals surface area contributed by atoms with Gasteiger partial charge in [0.1, 0.15) is 0 Å². The highest BCUT2D eigenvalue weighted by Crippen LogP contribution is 2.40. The van der Waals surface area contributed by atoms with Gasteiger partial charge in [0.05, 0.1) is 6.04 Å². The van der Waals surface area contributed by atoms with Crippen molar-refractivity contribution in [3.8, 4) is 0 Å². The quantitative estimate of drug-likeness (QED) is 0.815. The molecule has 2 atom stereocenters. The molecule has 108 valence electrons. The highest BCUT2D eigenvalue weighted by Gasteiger charge is 2.39. The number of aromatic nitrogens is 3. The molecule has 0 bridgehead atoms. The van der Waals surface area contributed by atoms with Gasteiger partial charge in [0.15, 0.2) is 12.0 Å². The Morgan fingerprint density at radius 2 is 2.19 bits per heavy atom. The number of carbonyl (C=O) groups is 1. The van der Waals surface area contributed by atoms with Gasteiger partial charge in [-0.2, -0.15) is 0 Å². The fourth-order valence-corrected chi connectivity index (χ4v) is 3.00. The van der Waals surface area contributed by atoms with Crippen molar-refractivity contribution >= 4 is 17.4 Å². The first-order valence-electron chi connectivity index (χ1n) is 7.03. The largest absolute Gasteiger partial charge is 0.290 e. The van der Waals surface area contributed by atoms with E-state index < -0.39 is 6.17 Å². The monoisotopic (exact) mass is 305 g/mol. The summed E-state index contributed by atoms with van der Waals surface area (Å²) in [6.45, 7) is 0. The lowest BCUT2D eigenvalue weighted by atomic mass is 10.0. The maximum Gasteiger partial charge on any atom is 0.217 e. The molecule has 1 saturated carbocycles. The molecule has 0 spiro atoms. The SMILES string of the molecule is O=C(c1nc2n(n1)[C@H](c1cccc(Cl)c1)C[C@@H]2F)C1CC1. The Balaban J connectivity index is 1.73. The number of Topliss-reactive ketones (excluding diaryl/α,β-unsaturated/α-hetero) is 1. The van der Waals surface area contributed by atoms with Crippen LogP contribution in [0.4, 0.5) is 4.39 Å². The van der Waals surface area contributed by atoms with Crippen molar-refractivity contribution in [2.75, 3.05) is 0 Å². The molecule has 0 amide bonds. The molecule has 4 nitrogen and oxygen atoms in total. The number of rotatable bonds is 3. The molecule has 1 fully saturated rings. The van der Waals surface area contributed by atoms with Crippen LogP contribution in [0.2, 0.25) is 5.02 Å². The van der Waals surface area contributed by atoms with Crippen LogP contribution >= 0.6 is 11.6 Å². The van der Waals surface area contributed by atoms with E-state index in [4.69, 9.17) is 11.6 Å². The molecular weight excluding hydrogens is 293 g/mol. The van der Waals surface area contributed by atoms with E-state index in [1.165, 1.54) is 0 Å². The van der Waals surface area contributed by atoms with Crippen molar-refractivity contribution in [3.05, 3.63) is 46.5 Å². The number of carbonyl (C=O) groups excluding carboxylic acids is 1. The third-order valence-corrected chi connectivity index (χ3v) is 4.30. The van der Waals surface area contributed by atoms with Crippen LogP contribution in [-0.4, -0.2) is 20.5 Å². The summed E-state index contributed by atoms with van der Waals surface area (Å²) in [6, 6.07) is 7.05. The second-order valence-corrected chi connectivity index (χ2v) is 6.09. The van der Waals surface area contributed by atoms with Gasteiger partial charge < -0.3 is 0 Å². The second-order valence-electron chi connectivity index (χ2n) is 5.65. The topological polar surface area (TPSA) is 47.8 Å². The third kappa shape index (κ3) is 2.16. The van der Waals surface area contributed by atoms with Crippen LogP contribution in [0.1, 0.15) is 53.5 Å². The summed E-state index contributed by atoms with van der Waals surface area (Å²) in [5.74, 6) is 0.385. The van der Waals surface area contributed by atoms with E-state index in [0.29, 0.717) is 5.02 Å². The minimum absolute atomic E-state index is 0.0378.